The highest BCUT2D eigenvalue weighted by molar-refractivity contribution is 9.10. The Balaban J connectivity index is 2.06. The lowest BCUT2D eigenvalue weighted by atomic mass is 10.4. The molecule has 7 heteroatoms. The molecule has 0 aliphatic rings. The third-order valence-corrected chi connectivity index (χ3v) is 3.96. The summed E-state index contributed by atoms with van der Waals surface area (Å²) in [5.41, 5.74) is 1.51. The average Bonchev–Trinajstić information content (AvgIpc) is 2.87. The molecule has 0 aliphatic heterocycles. The molecule has 1 aromatic carbocycles. The molecule has 3 rings (SSSR count). The van der Waals surface area contributed by atoms with Crippen molar-refractivity contribution in [1.29, 1.82) is 0 Å². The Hall–Kier alpha value is -1.60. The third kappa shape index (κ3) is 2.57. The Labute approximate surface area is 122 Å². The van der Waals surface area contributed by atoms with Crippen molar-refractivity contribution in [1.82, 2.24) is 19.9 Å². The summed E-state index contributed by atoms with van der Waals surface area (Å²) in [6, 6.07) is 8.08. The number of rotatable bonds is 3. The first-order chi connectivity index (χ1) is 9.26. The van der Waals surface area contributed by atoms with Gasteiger partial charge in [0.2, 0.25) is 5.95 Å². The number of aromatic nitrogens is 4. The van der Waals surface area contributed by atoms with Gasteiger partial charge in [0.15, 0.2) is 5.65 Å². The zero-order valence-corrected chi connectivity index (χ0v) is 12.4. The van der Waals surface area contributed by atoms with Crippen molar-refractivity contribution in [3.63, 3.8) is 0 Å². The van der Waals surface area contributed by atoms with Gasteiger partial charge in [-0.2, -0.15) is 4.98 Å². The molecule has 0 bridgehead atoms. The van der Waals surface area contributed by atoms with Gasteiger partial charge in [-0.3, -0.25) is 0 Å². The summed E-state index contributed by atoms with van der Waals surface area (Å²) in [6.45, 7) is 0. The van der Waals surface area contributed by atoms with Gasteiger partial charge in [0.1, 0.15) is 10.5 Å². The molecule has 0 saturated carbocycles. The molecule has 0 saturated heterocycles. The van der Waals surface area contributed by atoms with E-state index in [-0.39, 0.29) is 0 Å². The number of fused-ring (bicyclic) bond motifs is 1. The van der Waals surface area contributed by atoms with Crippen molar-refractivity contribution >= 4 is 44.8 Å². The number of nitrogens with zero attached hydrogens (tertiary/aromatic N) is 3. The maximum absolute atomic E-state index is 4.47. The highest BCUT2D eigenvalue weighted by Gasteiger charge is 2.10. The quantitative estimate of drug-likeness (QED) is 0.719. The second-order valence-electron chi connectivity index (χ2n) is 3.76. The van der Waals surface area contributed by atoms with E-state index >= 15 is 0 Å². The van der Waals surface area contributed by atoms with Crippen LogP contribution in [0.2, 0.25) is 0 Å². The fourth-order valence-electron chi connectivity index (χ4n) is 1.63. The number of imidazole rings is 1. The van der Waals surface area contributed by atoms with Crippen molar-refractivity contribution in [2.45, 2.75) is 9.92 Å². The topological polar surface area (TPSA) is 66.5 Å². The van der Waals surface area contributed by atoms with Crippen molar-refractivity contribution < 1.29 is 0 Å². The van der Waals surface area contributed by atoms with Gasteiger partial charge in [0.25, 0.3) is 0 Å². The molecule has 0 aliphatic carbocycles. The zero-order chi connectivity index (χ0) is 13.2. The molecular formula is C12H10BrN5S. The molecule has 0 unspecified atom stereocenters. The Morgan fingerprint density at radius 1 is 1.32 bits per heavy atom. The largest absolute Gasteiger partial charge is 0.357 e. The molecule has 0 radical (unpaired) electrons. The van der Waals surface area contributed by atoms with E-state index in [4.69, 9.17) is 0 Å². The van der Waals surface area contributed by atoms with Gasteiger partial charge < -0.3 is 10.3 Å². The van der Waals surface area contributed by atoms with Gasteiger partial charge in [0, 0.05) is 16.4 Å². The van der Waals surface area contributed by atoms with E-state index in [1.807, 2.05) is 24.3 Å². The van der Waals surface area contributed by atoms with Crippen LogP contribution in [0.4, 0.5) is 5.95 Å². The van der Waals surface area contributed by atoms with E-state index in [0.717, 1.165) is 19.9 Å². The van der Waals surface area contributed by atoms with Gasteiger partial charge >= 0.3 is 0 Å². The average molecular weight is 336 g/mol. The lowest BCUT2D eigenvalue weighted by Gasteiger charge is -2.05. The lowest BCUT2D eigenvalue weighted by molar-refractivity contribution is 1.08. The molecule has 96 valence electrons. The van der Waals surface area contributed by atoms with Crippen LogP contribution >= 0.6 is 27.7 Å². The molecular weight excluding hydrogens is 326 g/mol. The zero-order valence-electron chi connectivity index (χ0n) is 10.0. The molecule has 0 atom stereocenters. The van der Waals surface area contributed by atoms with Crippen molar-refractivity contribution in [3.8, 4) is 0 Å². The van der Waals surface area contributed by atoms with Crippen LogP contribution in [0.15, 0.2) is 45.0 Å². The van der Waals surface area contributed by atoms with Crippen LogP contribution in [0.3, 0.4) is 0 Å². The van der Waals surface area contributed by atoms with E-state index in [1.165, 1.54) is 0 Å². The number of benzene rings is 1. The van der Waals surface area contributed by atoms with Crippen LogP contribution in [0, 0.1) is 0 Å². The summed E-state index contributed by atoms with van der Waals surface area (Å²) >= 11 is 5.04. The first kappa shape index (κ1) is 12.4. The monoisotopic (exact) mass is 335 g/mol. The Morgan fingerprint density at radius 3 is 3.00 bits per heavy atom. The number of aromatic amines is 1. The standard InChI is InChI=1S/C12H10BrN5S/c1-14-12-17-10-9(15-6-16-10)11(18-12)19-8-4-2-3-7(13)5-8/h2-6H,1H3,(H2,14,15,16,17,18). The van der Waals surface area contributed by atoms with Gasteiger partial charge in [-0.25, -0.2) is 9.97 Å². The molecule has 0 fully saturated rings. The number of hydrogen-bond acceptors (Lipinski definition) is 5. The SMILES string of the molecule is CNc1nc(Sc2cccc(Br)c2)c2[nH]cnc2n1. The van der Waals surface area contributed by atoms with E-state index in [2.05, 4.69) is 41.2 Å². The van der Waals surface area contributed by atoms with Crippen LogP contribution in [-0.2, 0) is 0 Å². The van der Waals surface area contributed by atoms with Crippen LogP contribution < -0.4 is 5.32 Å². The maximum atomic E-state index is 4.47. The third-order valence-electron chi connectivity index (χ3n) is 2.49. The van der Waals surface area contributed by atoms with E-state index in [0.29, 0.717) is 11.6 Å². The second kappa shape index (κ2) is 5.18. The van der Waals surface area contributed by atoms with Crippen molar-refractivity contribution in [2.75, 3.05) is 12.4 Å². The minimum absolute atomic E-state index is 0.567. The maximum Gasteiger partial charge on any atom is 0.225 e. The Kier molecular flexibility index (Phi) is 3.39. The Morgan fingerprint density at radius 2 is 2.21 bits per heavy atom. The fourth-order valence-corrected chi connectivity index (χ4v) is 3.13. The summed E-state index contributed by atoms with van der Waals surface area (Å²) in [5.74, 6) is 0.567. The number of hydrogen-bond donors (Lipinski definition) is 2. The molecule has 3 aromatic rings. The van der Waals surface area contributed by atoms with Crippen molar-refractivity contribution in [3.05, 3.63) is 35.1 Å². The van der Waals surface area contributed by atoms with E-state index in [9.17, 15) is 0 Å². The second-order valence-corrected chi connectivity index (χ2v) is 5.74. The molecule has 2 heterocycles. The van der Waals surface area contributed by atoms with Crippen molar-refractivity contribution in [2.24, 2.45) is 0 Å². The number of anilines is 1. The normalized spacial score (nSPS) is 10.8. The summed E-state index contributed by atoms with van der Waals surface area (Å²) in [5, 5.41) is 3.80. The summed E-state index contributed by atoms with van der Waals surface area (Å²) in [6.07, 6.45) is 1.63. The molecule has 0 amide bonds. The number of H-pyrrole nitrogens is 1. The predicted molar refractivity (Wildman–Crippen MR) is 79.5 cm³/mol. The summed E-state index contributed by atoms with van der Waals surface area (Å²) < 4.78 is 1.04. The van der Waals surface area contributed by atoms with Gasteiger partial charge in [-0.05, 0) is 18.2 Å². The highest BCUT2D eigenvalue weighted by Crippen LogP contribution is 2.32. The predicted octanol–water partition coefficient (Wildman–Crippen LogP) is 3.31. The molecule has 2 aromatic heterocycles. The molecule has 0 spiro atoms. The molecule has 19 heavy (non-hydrogen) atoms. The smallest absolute Gasteiger partial charge is 0.225 e. The molecule has 2 N–H and O–H groups in total. The summed E-state index contributed by atoms with van der Waals surface area (Å²) in [7, 11) is 1.79. The number of halogens is 1. The van der Waals surface area contributed by atoms with Gasteiger partial charge in [0.05, 0.1) is 6.33 Å². The van der Waals surface area contributed by atoms with Crippen LogP contribution in [0.5, 0.6) is 0 Å². The van der Waals surface area contributed by atoms with Crippen LogP contribution in [0.25, 0.3) is 11.2 Å². The van der Waals surface area contributed by atoms with E-state index < -0.39 is 0 Å². The van der Waals surface area contributed by atoms with Gasteiger partial charge in [-0.15, -0.1) is 0 Å². The Bertz CT molecular complexity index is 727. The minimum Gasteiger partial charge on any atom is -0.357 e. The fraction of sp³-hybridized carbons (Fsp3) is 0.0833. The summed E-state index contributed by atoms with van der Waals surface area (Å²) in [4.78, 5) is 17.1. The van der Waals surface area contributed by atoms with Crippen LogP contribution in [0.1, 0.15) is 0 Å². The lowest BCUT2D eigenvalue weighted by Crippen LogP contribution is -1.98. The highest BCUT2D eigenvalue weighted by atomic mass is 79.9. The molecule has 5 nitrogen and oxygen atoms in total. The van der Waals surface area contributed by atoms with Gasteiger partial charge in [-0.1, -0.05) is 33.8 Å². The van der Waals surface area contributed by atoms with Crippen LogP contribution in [-0.4, -0.2) is 27.0 Å². The first-order valence-electron chi connectivity index (χ1n) is 5.58. The number of nitrogens with one attached hydrogen (secondary N) is 2. The van der Waals surface area contributed by atoms with E-state index in [1.54, 1.807) is 25.1 Å². The minimum atomic E-state index is 0.567. The first-order valence-corrected chi connectivity index (χ1v) is 7.19.